The van der Waals surface area contributed by atoms with Gasteiger partial charge in [0.2, 0.25) is 11.8 Å². The Morgan fingerprint density at radius 1 is 1.31 bits per heavy atom. The van der Waals surface area contributed by atoms with Crippen LogP contribution in [0.4, 0.5) is 10.6 Å². The average Bonchev–Trinajstić information content (AvgIpc) is 3.35. The van der Waals surface area contributed by atoms with Gasteiger partial charge in [0.25, 0.3) is 0 Å². The fraction of sp³-hybridized carbons (Fsp3) is 0.560. The summed E-state index contributed by atoms with van der Waals surface area (Å²) in [5.74, 6) is -1.15. The van der Waals surface area contributed by atoms with Crippen LogP contribution in [-0.2, 0) is 14.4 Å². The van der Waals surface area contributed by atoms with Gasteiger partial charge in [-0.15, -0.1) is 0 Å². The zero-order valence-electron chi connectivity index (χ0n) is 22.2. The standard InChI is InChI=1S/C25H35N9O5/c1-16-7-11-33(21(36)6-10-27)14-19(16)32(2)22-17-8-12-34(23(17)30-15-29-22)25(39)28-13-20(35)31-18(24(37)38)5-3-4-9-26/h8,12,15-16,18-19H,3-7,9,11,13-14,26H2,1-2H3,(H,28,39)(H,31,35)(H,37,38)/t16-,18+,19+/m1/s1. The van der Waals surface area contributed by atoms with Crippen molar-refractivity contribution in [3.63, 3.8) is 0 Å². The van der Waals surface area contributed by atoms with Gasteiger partial charge in [0.1, 0.15) is 24.6 Å². The second-order valence-electron chi connectivity index (χ2n) is 9.64. The number of amides is 3. The number of aliphatic carboxylic acids is 1. The Morgan fingerprint density at radius 3 is 2.77 bits per heavy atom. The van der Waals surface area contributed by atoms with Crippen molar-refractivity contribution in [2.75, 3.05) is 38.1 Å². The number of fused-ring (bicyclic) bond motifs is 1. The van der Waals surface area contributed by atoms with Gasteiger partial charge in [-0.25, -0.2) is 19.6 Å². The lowest BCUT2D eigenvalue weighted by Gasteiger charge is -2.42. The van der Waals surface area contributed by atoms with Crippen molar-refractivity contribution in [1.82, 2.24) is 30.1 Å². The normalized spacial score (nSPS) is 17.7. The van der Waals surface area contributed by atoms with Crippen LogP contribution < -0.4 is 21.3 Å². The molecule has 1 saturated heterocycles. The molecule has 0 radical (unpaired) electrons. The van der Waals surface area contributed by atoms with Crippen molar-refractivity contribution in [2.45, 2.75) is 51.1 Å². The lowest BCUT2D eigenvalue weighted by atomic mass is 9.92. The van der Waals surface area contributed by atoms with Crippen LogP contribution in [0.2, 0.25) is 0 Å². The molecule has 2 aromatic heterocycles. The van der Waals surface area contributed by atoms with Gasteiger partial charge in [0.05, 0.1) is 24.0 Å². The zero-order valence-corrected chi connectivity index (χ0v) is 22.2. The van der Waals surface area contributed by atoms with Gasteiger partial charge in [-0.3, -0.25) is 14.2 Å². The maximum Gasteiger partial charge on any atom is 0.327 e. The summed E-state index contributed by atoms with van der Waals surface area (Å²) in [5.41, 5.74) is 5.76. The number of nitrogens with zero attached hydrogens (tertiary/aromatic N) is 6. The maximum atomic E-state index is 12.9. The first kappa shape index (κ1) is 29.3. The van der Waals surface area contributed by atoms with Gasteiger partial charge in [0, 0.05) is 26.3 Å². The fourth-order valence-electron chi connectivity index (χ4n) is 4.74. The van der Waals surface area contributed by atoms with E-state index >= 15 is 0 Å². The van der Waals surface area contributed by atoms with E-state index in [1.54, 1.807) is 11.0 Å². The highest BCUT2D eigenvalue weighted by Gasteiger charge is 2.33. The molecule has 1 fully saturated rings. The number of carbonyl (C=O) groups excluding carboxylic acids is 3. The Balaban J connectivity index is 1.69. The second-order valence-corrected chi connectivity index (χ2v) is 9.64. The lowest BCUT2D eigenvalue weighted by molar-refractivity contribution is -0.141. The third-order valence-electron chi connectivity index (χ3n) is 6.99. The van der Waals surface area contributed by atoms with E-state index in [0.717, 1.165) is 6.42 Å². The van der Waals surface area contributed by atoms with Crippen LogP contribution in [0.1, 0.15) is 39.0 Å². The largest absolute Gasteiger partial charge is 0.480 e. The number of aromatic nitrogens is 3. The lowest BCUT2D eigenvalue weighted by Crippen LogP contribution is -2.52. The van der Waals surface area contributed by atoms with Crippen LogP contribution in [0.15, 0.2) is 18.6 Å². The molecule has 0 saturated carbocycles. The van der Waals surface area contributed by atoms with E-state index in [2.05, 4.69) is 27.5 Å². The summed E-state index contributed by atoms with van der Waals surface area (Å²) < 4.78 is 1.25. The molecule has 0 spiro atoms. The van der Waals surface area contributed by atoms with Crippen LogP contribution >= 0.6 is 0 Å². The molecule has 0 aliphatic carbocycles. The van der Waals surface area contributed by atoms with Crippen LogP contribution in [-0.4, -0.2) is 93.7 Å². The molecule has 210 valence electrons. The molecule has 3 atom stereocenters. The number of anilines is 1. The van der Waals surface area contributed by atoms with Crippen molar-refractivity contribution in [2.24, 2.45) is 11.7 Å². The molecule has 0 aromatic carbocycles. The molecule has 0 bridgehead atoms. The van der Waals surface area contributed by atoms with Crippen molar-refractivity contribution in [3.05, 3.63) is 18.6 Å². The molecule has 14 nitrogen and oxygen atoms in total. The van der Waals surface area contributed by atoms with Gasteiger partial charge >= 0.3 is 12.0 Å². The summed E-state index contributed by atoms with van der Waals surface area (Å²) in [5, 5.41) is 23.7. The molecular formula is C25H35N9O5. The number of nitrogens with two attached hydrogens (primary N) is 1. The summed E-state index contributed by atoms with van der Waals surface area (Å²) in [4.78, 5) is 61.2. The summed E-state index contributed by atoms with van der Waals surface area (Å²) in [6.07, 6.45) is 4.92. The van der Waals surface area contributed by atoms with Crippen LogP contribution in [0.5, 0.6) is 0 Å². The fourth-order valence-corrected chi connectivity index (χ4v) is 4.74. The number of carbonyl (C=O) groups is 4. The third kappa shape index (κ3) is 7.20. The molecule has 0 unspecified atom stereocenters. The summed E-state index contributed by atoms with van der Waals surface area (Å²) >= 11 is 0. The molecule has 1 aliphatic heterocycles. The molecule has 3 rings (SSSR count). The minimum atomic E-state index is -1.15. The molecule has 2 aromatic rings. The molecule has 1 aliphatic rings. The van der Waals surface area contributed by atoms with Gasteiger partial charge in [-0.05, 0) is 44.2 Å². The first-order valence-electron chi connectivity index (χ1n) is 12.9. The van der Waals surface area contributed by atoms with E-state index < -0.39 is 30.5 Å². The van der Waals surface area contributed by atoms with Crippen molar-refractivity contribution in [3.8, 4) is 6.07 Å². The first-order valence-corrected chi connectivity index (χ1v) is 12.9. The molecule has 5 N–H and O–H groups in total. The Bertz CT molecular complexity index is 1240. The minimum absolute atomic E-state index is 0.0626. The zero-order chi connectivity index (χ0) is 28.5. The smallest absolute Gasteiger partial charge is 0.327 e. The van der Waals surface area contributed by atoms with Gasteiger partial charge in [0.15, 0.2) is 5.65 Å². The first-order chi connectivity index (χ1) is 18.7. The van der Waals surface area contributed by atoms with E-state index in [1.165, 1.54) is 17.1 Å². The molecular weight excluding hydrogens is 506 g/mol. The Hall–Kier alpha value is -4.25. The molecule has 39 heavy (non-hydrogen) atoms. The van der Waals surface area contributed by atoms with Gasteiger partial charge in [-0.2, -0.15) is 5.26 Å². The Labute approximate surface area is 226 Å². The van der Waals surface area contributed by atoms with Crippen LogP contribution in [0, 0.1) is 17.2 Å². The van der Waals surface area contributed by atoms with E-state index in [1.807, 2.05) is 18.0 Å². The highest BCUT2D eigenvalue weighted by Crippen LogP contribution is 2.29. The number of carboxylic acid groups (broad SMARTS) is 1. The molecule has 14 heteroatoms. The highest BCUT2D eigenvalue weighted by atomic mass is 16.4. The number of carboxylic acids is 1. The van der Waals surface area contributed by atoms with Gasteiger partial charge in [-0.1, -0.05) is 6.92 Å². The number of rotatable bonds is 11. The Morgan fingerprint density at radius 2 is 2.08 bits per heavy atom. The number of piperidine rings is 1. The predicted octanol–water partition coefficient (Wildman–Crippen LogP) is 0.274. The van der Waals surface area contributed by atoms with E-state index in [0.29, 0.717) is 49.3 Å². The molecule has 3 heterocycles. The summed E-state index contributed by atoms with van der Waals surface area (Å²) in [6, 6.07) is 1.87. The predicted molar refractivity (Wildman–Crippen MR) is 142 cm³/mol. The van der Waals surface area contributed by atoms with E-state index in [9.17, 15) is 24.3 Å². The summed E-state index contributed by atoms with van der Waals surface area (Å²) in [7, 11) is 1.87. The SMILES string of the molecule is C[C@@H]1CCN(C(=O)CC#N)C[C@@H]1N(C)c1ncnc2c1ccn2C(=O)NCC(=O)N[C@@H](CCCCN)C(=O)O. The topological polar surface area (TPSA) is 200 Å². The van der Waals surface area contributed by atoms with Crippen LogP contribution in [0.3, 0.4) is 0 Å². The summed E-state index contributed by atoms with van der Waals surface area (Å²) in [6.45, 7) is 3.16. The molecule has 3 amide bonds. The van der Waals surface area contributed by atoms with Crippen LogP contribution in [0.25, 0.3) is 11.0 Å². The minimum Gasteiger partial charge on any atom is -0.480 e. The number of unbranched alkanes of at least 4 members (excludes halogenated alkanes) is 1. The van der Waals surface area contributed by atoms with E-state index in [4.69, 9.17) is 11.0 Å². The number of nitrogens with one attached hydrogen (secondary N) is 2. The maximum absolute atomic E-state index is 12.9. The average molecular weight is 542 g/mol. The van der Waals surface area contributed by atoms with Crippen molar-refractivity contribution in [1.29, 1.82) is 5.26 Å². The Kier molecular flexibility index (Phi) is 10.2. The monoisotopic (exact) mass is 541 g/mol. The van der Waals surface area contributed by atoms with E-state index in [-0.39, 0.29) is 30.7 Å². The quantitative estimate of drug-likeness (QED) is 0.286. The number of hydrogen-bond acceptors (Lipinski definition) is 9. The third-order valence-corrected chi connectivity index (χ3v) is 6.99. The number of hydrogen-bond donors (Lipinski definition) is 4. The van der Waals surface area contributed by atoms with Gasteiger partial charge < -0.3 is 31.3 Å². The number of likely N-dealkylation sites (tertiary alicyclic amines) is 1. The second kappa shape index (κ2) is 13.5. The number of likely N-dealkylation sites (N-methyl/N-ethyl adjacent to an activating group) is 1. The van der Waals surface area contributed by atoms with Crippen molar-refractivity contribution < 1.29 is 24.3 Å². The number of nitriles is 1. The van der Waals surface area contributed by atoms with Crippen molar-refractivity contribution >= 4 is 40.7 Å². The highest BCUT2D eigenvalue weighted by molar-refractivity contribution is 5.96.